The highest BCUT2D eigenvalue weighted by atomic mass is 19.4. The van der Waals surface area contributed by atoms with Crippen molar-refractivity contribution < 1.29 is 32.2 Å². The van der Waals surface area contributed by atoms with Crippen LogP contribution >= 0.6 is 0 Å². The molecule has 1 fully saturated rings. The smallest absolute Gasteiger partial charge is 0.419 e. The molecule has 0 amide bonds. The lowest BCUT2D eigenvalue weighted by Crippen LogP contribution is -2.19. The summed E-state index contributed by atoms with van der Waals surface area (Å²) in [6, 6.07) is 2.16. The van der Waals surface area contributed by atoms with Gasteiger partial charge in [0, 0.05) is 0 Å². The van der Waals surface area contributed by atoms with Crippen molar-refractivity contribution in [1.82, 2.24) is 0 Å². The standard InChI is InChI=1S/C17H21F3O4/c1-22-15-13(17(18,19)20)9-8-11(14(15)16(21)23-2)10-24-12-6-4-3-5-7-12/h8-9,12H,3-7,10H2,1-2H3. The van der Waals surface area contributed by atoms with Gasteiger partial charge in [0.05, 0.1) is 32.5 Å². The van der Waals surface area contributed by atoms with E-state index in [0.29, 0.717) is 5.56 Å². The Morgan fingerprint density at radius 1 is 1.17 bits per heavy atom. The first-order valence-corrected chi connectivity index (χ1v) is 7.85. The van der Waals surface area contributed by atoms with E-state index in [4.69, 9.17) is 9.47 Å². The van der Waals surface area contributed by atoms with Gasteiger partial charge < -0.3 is 14.2 Å². The summed E-state index contributed by atoms with van der Waals surface area (Å²) in [5.41, 5.74) is -0.908. The van der Waals surface area contributed by atoms with E-state index in [-0.39, 0.29) is 18.3 Å². The lowest BCUT2D eigenvalue weighted by Gasteiger charge is -2.23. The maximum atomic E-state index is 13.1. The zero-order valence-corrected chi connectivity index (χ0v) is 13.7. The molecule has 0 N–H and O–H groups in total. The molecule has 1 aromatic rings. The Morgan fingerprint density at radius 3 is 2.38 bits per heavy atom. The van der Waals surface area contributed by atoms with Crippen molar-refractivity contribution in [3.8, 4) is 5.75 Å². The minimum absolute atomic E-state index is 0.0452. The molecule has 0 heterocycles. The van der Waals surface area contributed by atoms with E-state index < -0.39 is 23.5 Å². The van der Waals surface area contributed by atoms with Crippen molar-refractivity contribution in [1.29, 1.82) is 0 Å². The van der Waals surface area contributed by atoms with Gasteiger partial charge in [0.15, 0.2) is 0 Å². The molecular formula is C17H21F3O4. The molecule has 0 unspecified atom stereocenters. The van der Waals surface area contributed by atoms with Gasteiger partial charge in [-0.15, -0.1) is 0 Å². The van der Waals surface area contributed by atoms with E-state index in [1.165, 1.54) is 12.5 Å². The van der Waals surface area contributed by atoms with Crippen molar-refractivity contribution in [2.75, 3.05) is 14.2 Å². The molecule has 0 radical (unpaired) electrons. The van der Waals surface area contributed by atoms with Crippen molar-refractivity contribution in [2.45, 2.75) is 51.0 Å². The number of benzene rings is 1. The quantitative estimate of drug-likeness (QED) is 0.744. The molecule has 0 aliphatic heterocycles. The third-order valence-electron chi connectivity index (χ3n) is 4.17. The summed E-state index contributed by atoms with van der Waals surface area (Å²) in [6.07, 6.45) is 0.600. The number of hydrogen-bond donors (Lipinski definition) is 0. The molecule has 1 saturated carbocycles. The van der Waals surface area contributed by atoms with E-state index in [1.807, 2.05) is 0 Å². The van der Waals surface area contributed by atoms with Gasteiger partial charge in [-0.1, -0.05) is 25.3 Å². The van der Waals surface area contributed by atoms with Crippen LogP contribution in [0.1, 0.15) is 53.6 Å². The van der Waals surface area contributed by atoms with E-state index in [1.54, 1.807) is 0 Å². The number of alkyl halides is 3. The van der Waals surface area contributed by atoms with Crippen LogP contribution in [0.4, 0.5) is 13.2 Å². The highest BCUT2D eigenvalue weighted by molar-refractivity contribution is 5.94. The van der Waals surface area contributed by atoms with Crippen LogP contribution in [0.3, 0.4) is 0 Å². The summed E-state index contributed by atoms with van der Waals surface area (Å²) in [7, 11) is 2.22. The second-order valence-electron chi connectivity index (χ2n) is 5.74. The van der Waals surface area contributed by atoms with Crippen LogP contribution in [0.25, 0.3) is 0 Å². The van der Waals surface area contributed by atoms with E-state index in [0.717, 1.165) is 46.0 Å². The van der Waals surface area contributed by atoms with E-state index in [2.05, 4.69) is 4.74 Å². The number of hydrogen-bond acceptors (Lipinski definition) is 4. The highest BCUT2D eigenvalue weighted by Gasteiger charge is 2.37. The highest BCUT2D eigenvalue weighted by Crippen LogP contribution is 2.40. The lowest BCUT2D eigenvalue weighted by molar-refractivity contribution is -0.138. The Kier molecular flexibility index (Phi) is 6.10. The van der Waals surface area contributed by atoms with Gasteiger partial charge in [-0.2, -0.15) is 13.2 Å². The zero-order valence-electron chi connectivity index (χ0n) is 13.7. The third-order valence-corrected chi connectivity index (χ3v) is 4.17. The van der Waals surface area contributed by atoms with Crippen molar-refractivity contribution in [3.63, 3.8) is 0 Å². The number of rotatable bonds is 5. The largest absolute Gasteiger partial charge is 0.495 e. The fourth-order valence-electron chi connectivity index (χ4n) is 2.94. The zero-order chi connectivity index (χ0) is 17.7. The van der Waals surface area contributed by atoms with Crippen LogP contribution in [0.2, 0.25) is 0 Å². The number of halogens is 3. The van der Waals surface area contributed by atoms with Crippen LogP contribution in [-0.2, 0) is 22.3 Å². The maximum Gasteiger partial charge on any atom is 0.419 e. The van der Waals surface area contributed by atoms with E-state index >= 15 is 0 Å². The van der Waals surface area contributed by atoms with Gasteiger partial charge in [0.1, 0.15) is 11.3 Å². The molecule has 0 aromatic heterocycles. The molecule has 0 saturated heterocycles. The summed E-state index contributed by atoms with van der Waals surface area (Å²) in [5.74, 6) is -1.40. The minimum Gasteiger partial charge on any atom is -0.495 e. The molecule has 2 rings (SSSR count). The predicted molar refractivity (Wildman–Crippen MR) is 81.0 cm³/mol. The Labute approximate surface area is 138 Å². The molecule has 134 valence electrons. The second-order valence-corrected chi connectivity index (χ2v) is 5.74. The first kappa shape index (κ1) is 18.6. The van der Waals surface area contributed by atoms with Crippen LogP contribution in [0.15, 0.2) is 12.1 Å². The number of methoxy groups -OCH3 is 2. The number of esters is 1. The molecule has 24 heavy (non-hydrogen) atoms. The Bertz CT molecular complexity index is 578. The van der Waals surface area contributed by atoms with Crippen molar-refractivity contribution >= 4 is 5.97 Å². The van der Waals surface area contributed by atoms with Crippen molar-refractivity contribution in [3.05, 3.63) is 28.8 Å². The van der Waals surface area contributed by atoms with Gasteiger partial charge in [0.2, 0.25) is 0 Å². The second kappa shape index (κ2) is 7.88. The van der Waals surface area contributed by atoms with Gasteiger partial charge >= 0.3 is 12.1 Å². The van der Waals surface area contributed by atoms with Gasteiger partial charge in [-0.25, -0.2) is 4.79 Å². The van der Waals surface area contributed by atoms with Gasteiger partial charge in [-0.3, -0.25) is 0 Å². The number of ether oxygens (including phenoxy) is 3. The third kappa shape index (κ3) is 4.20. The summed E-state index contributed by atoms with van der Waals surface area (Å²) < 4.78 is 54.7. The van der Waals surface area contributed by atoms with Crippen molar-refractivity contribution in [2.24, 2.45) is 0 Å². The van der Waals surface area contributed by atoms with Crippen LogP contribution in [0.5, 0.6) is 5.75 Å². The lowest BCUT2D eigenvalue weighted by atomic mass is 9.97. The van der Waals surface area contributed by atoms with Crippen LogP contribution < -0.4 is 4.74 Å². The normalized spacial score (nSPS) is 16.0. The summed E-state index contributed by atoms with van der Waals surface area (Å²) in [6.45, 7) is 0.0452. The van der Waals surface area contributed by atoms with E-state index in [9.17, 15) is 18.0 Å². The summed E-state index contributed by atoms with van der Waals surface area (Å²) >= 11 is 0. The summed E-state index contributed by atoms with van der Waals surface area (Å²) in [4.78, 5) is 12.0. The SMILES string of the molecule is COC(=O)c1c(COC2CCCCC2)ccc(C(F)(F)F)c1OC. The first-order chi connectivity index (χ1) is 11.4. The maximum absolute atomic E-state index is 13.1. The fraction of sp³-hybridized carbons (Fsp3) is 0.588. The topological polar surface area (TPSA) is 44.8 Å². The predicted octanol–water partition coefficient (Wildman–Crippen LogP) is 4.35. The molecule has 1 aliphatic carbocycles. The molecule has 1 aromatic carbocycles. The minimum atomic E-state index is -4.63. The van der Waals surface area contributed by atoms with Gasteiger partial charge in [0.25, 0.3) is 0 Å². The molecule has 7 heteroatoms. The Hall–Kier alpha value is -1.76. The number of carbonyl (C=O) groups is 1. The molecule has 0 atom stereocenters. The average Bonchev–Trinajstić information content (AvgIpc) is 2.58. The number of carbonyl (C=O) groups excluding carboxylic acids is 1. The van der Waals surface area contributed by atoms with Gasteiger partial charge in [-0.05, 0) is 24.5 Å². The molecular weight excluding hydrogens is 325 g/mol. The van der Waals surface area contributed by atoms with Crippen LogP contribution in [-0.4, -0.2) is 26.3 Å². The Balaban J connectivity index is 2.34. The fourth-order valence-corrected chi connectivity index (χ4v) is 2.94. The first-order valence-electron chi connectivity index (χ1n) is 7.85. The Morgan fingerprint density at radius 2 is 1.83 bits per heavy atom. The van der Waals surface area contributed by atoms with Crippen LogP contribution in [0, 0.1) is 0 Å². The summed E-state index contributed by atoms with van der Waals surface area (Å²) in [5, 5.41) is 0. The molecule has 0 bridgehead atoms. The average molecular weight is 346 g/mol. The molecule has 0 spiro atoms. The molecule has 1 aliphatic rings. The monoisotopic (exact) mass is 346 g/mol. The molecule has 4 nitrogen and oxygen atoms in total.